The maximum Gasteiger partial charge on any atom is -0.00365 e. The van der Waals surface area contributed by atoms with Crippen molar-refractivity contribution < 1.29 is 0 Å². The third-order valence-electron chi connectivity index (χ3n) is 3.51. The highest BCUT2D eigenvalue weighted by Gasteiger charge is 2.24. The molecule has 1 heterocycles. The fourth-order valence-electron chi connectivity index (χ4n) is 2.74. The molecule has 1 atom stereocenters. The smallest absolute Gasteiger partial charge is 0.00365 e. The topological polar surface area (TPSA) is 0 Å². The molecule has 1 aliphatic heterocycles. The number of hydrogen-bond acceptors (Lipinski definition) is 1. The first kappa shape index (κ1) is 8.93. The number of rotatable bonds is 1. The molecule has 0 amide bonds. The second-order valence-electron chi connectivity index (χ2n) is 4.38. The van der Waals surface area contributed by atoms with Gasteiger partial charge in [-0.1, -0.05) is 32.1 Å². The molecule has 2 aliphatic rings. The minimum Gasteiger partial charge on any atom is -0.162 e. The zero-order valence-electron chi connectivity index (χ0n) is 7.93. The fourth-order valence-corrected chi connectivity index (χ4v) is 4.02. The summed E-state index contributed by atoms with van der Waals surface area (Å²) in [4.78, 5) is 0. The van der Waals surface area contributed by atoms with E-state index in [-0.39, 0.29) is 0 Å². The van der Waals surface area contributed by atoms with Gasteiger partial charge in [-0.05, 0) is 36.2 Å². The lowest BCUT2D eigenvalue weighted by Crippen LogP contribution is -2.22. The second kappa shape index (κ2) is 4.55. The molecule has 70 valence electrons. The third kappa shape index (κ3) is 2.18. The largest absolute Gasteiger partial charge is 0.162 e. The fraction of sp³-hybridized carbons (Fsp3) is 1.00. The first-order chi connectivity index (χ1) is 5.97. The predicted molar refractivity (Wildman–Crippen MR) is 56.6 cm³/mol. The van der Waals surface area contributed by atoms with E-state index in [0.717, 1.165) is 11.8 Å². The summed E-state index contributed by atoms with van der Waals surface area (Å²) in [6, 6.07) is 0. The third-order valence-corrected chi connectivity index (χ3v) is 4.75. The number of hydrogen-bond donors (Lipinski definition) is 0. The highest BCUT2D eigenvalue weighted by atomic mass is 32.2. The van der Waals surface area contributed by atoms with Gasteiger partial charge in [-0.25, -0.2) is 0 Å². The Morgan fingerprint density at radius 1 is 0.750 bits per heavy atom. The van der Waals surface area contributed by atoms with Crippen molar-refractivity contribution >= 4 is 11.8 Å². The first-order valence-electron chi connectivity index (χ1n) is 5.54. The van der Waals surface area contributed by atoms with Crippen molar-refractivity contribution in [1.82, 2.24) is 0 Å². The summed E-state index contributed by atoms with van der Waals surface area (Å²) in [6.45, 7) is 0. The van der Waals surface area contributed by atoms with E-state index in [1.807, 2.05) is 0 Å². The Kier molecular flexibility index (Phi) is 3.38. The highest BCUT2D eigenvalue weighted by Crippen LogP contribution is 2.36. The van der Waals surface area contributed by atoms with Gasteiger partial charge in [0.15, 0.2) is 0 Å². The van der Waals surface area contributed by atoms with Crippen LogP contribution in [0.4, 0.5) is 0 Å². The van der Waals surface area contributed by atoms with Crippen molar-refractivity contribution in [2.75, 3.05) is 11.5 Å². The van der Waals surface area contributed by atoms with Crippen LogP contribution in [0.25, 0.3) is 0 Å². The molecule has 1 saturated heterocycles. The van der Waals surface area contributed by atoms with Crippen molar-refractivity contribution in [1.29, 1.82) is 0 Å². The lowest BCUT2D eigenvalue weighted by molar-refractivity contribution is 0.252. The molecule has 12 heavy (non-hydrogen) atoms. The van der Waals surface area contributed by atoms with Crippen molar-refractivity contribution in [3.05, 3.63) is 0 Å². The van der Waals surface area contributed by atoms with Crippen LogP contribution in [0.3, 0.4) is 0 Å². The maximum absolute atomic E-state index is 2.20. The normalized spacial score (nSPS) is 33.5. The van der Waals surface area contributed by atoms with Crippen LogP contribution in [-0.4, -0.2) is 11.5 Å². The van der Waals surface area contributed by atoms with Crippen LogP contribution in [0.1, 0.15) is 44.9 Å². The predicted octanol–water partition coefficient (Wildman–Crippen LogP) is 3.71. The average Bonchev–Trinajstić information content (AvgIpc) is 2.21. The Morgan fingerprint density at radius 2 is 1.50 bits per heavy atom. The lowest BCUT2D eigenvalue weighted by Gasteiger charge is -2.32. The quantitative estimate of drug-likeness (QED) is 0.598. The molecule has 0 unspecified atom stereocenters. The summed E-state index contributed by atoms with van der Waals surface area (Å²) in [5, 5.41) is 0. The van der Waals surface area contributed by atoms with Gasteiger partial charge in [-0.2, -0.15) is 11.8 Å². The van der Waals surface area contributed by atoms with Crippen LogP contribution < -0.4 is 0 Å². The van der Waals surface area contributed by atoms with Crippen LogP contribution in [0, 0.1) is 11.8 Å². The van der Waals surface area contributed by atoms with Crippen LogP contribution >= 0.6 is 11.8 Å². The Bertz CT molecular complexity index is 105. The van der Waals surface area contributed by atoms with Gasteiger partial charge in [-0.3, -0.25) is 0 Å². The summed E-state index contributed by atoms with van der Waals surface area (Å²) >= 11 is 2.20. The molecule has 1 aliphatic carbocycles. The van der Waals surface area contributed by atoms with Gasteiger partial charge in [0.25, 0.3) is 0 Å². The van der Waals surface area contributed by atoms with E-state index in [9.17, 15) is 0 Å². The SMILES string of the molecule is C1CCC([C@@H]2CCCSC2)CC1. The van der Waals surface area contributed by atoms with Gasteiger partial charge in [0.1, 0.15) is 0 Å². The summed E-state index contributed by atoms with van der Waals surface area (Å²) in [6.07, 6.45) is 10.7. The summed E-state index contributed by atoms with van der Waals surface area (Å²) in [5.41, 5.74) is 0. The molecular formula is C11H20S. The van der Waals surface area contributed by atoms with Gasteiger partial charge >= 0.3 is 0 Å². The van der Waals surface area contributed by atoms with Crippen molar-refractivity contribution in [3.8, 4) is 0 Å². The molecule has 0 bridgehead atoms. The standard InChI is InChI=1S/C11H20S/c1-2-5-10(6-3-1)11-7-4-8-12-9-11/h10-11H,1-9H2/t11-/m1/s1. The van der Waals surface area contributed by atoms with Crippen molar-refractivity contribution in [2.24, 2.45) is 11.8 Å². The molecule has 0 aromatic rings. The van der Waals surface area contributed by atoms with Crippen LogP contribution in [-0.2, 0) is 0 Å². The van der Waals surface area contributed by atoms with Crippen LogP contribution in [0.2, 0.25) is 0 Å². The molecule has 0 aromatic heterocycles. The van der Waals surface area contributed by atoms with Crippen LogP contribution in [0.15, 0.2) is 0 Å². The van der Waals surface area contributed by atoms with E-state index in [1.165, 1.54) is 43.6 Å². The van der Waals surface area contributed by atoms with Gasteiger partial charge < -0.3 is 0 Å². The number of thioether (sulfide) groups is 1. The minimum atomic E-state index is 1.10. The molecule has 1 saturated carbocycles. The molecular weight excluding hydrogens is 164 g/mol. The minimum absolute atomic E-state index is 1.10. The van der Waals surface area contributed by atoms with Crippen molar-refractivity contribution in [2.45, 2.75) is 44.9 Å². The molecule has 0 aromatic carbocycles. The summed E-state index contributed by atoms with van der Waals surface area (Å²) < 4.78 is 0. The zero-order chi connectivity index (χ0) is 8.23. The Hall–Kier alpha value is 0.350. The first-order valence-corrected chi connectivity index (χ1v) is 6.70. The van der Waals surface area contributed by atoms with Gasteiger partial charge in [0, 0.05) is 0 Å². The Labute approximate surface area is 80.5 Å². The van der Waals surface area contributed by atoms with Gasteiger partial charge in [-0.15, -0.1) is 0 Å². The van der Waals surface area contributed by atoms with E-state index in [0.29, 0.717) is 0 Å². The van der Waals surface area contributed by atoms with E-state index in [2.05, 4.69) is 11.8 Å². The molecule has 0 spiro atoms. The maximum atomic E-state index is 2.20. The van der Waals surface area contributed by atoms with E-state index < -0.39 is 0 Å². The zero-order valence-corrected chi connectivity index (χ0v) is 8.74. The molecule has 0 radical (unpaired) electrons. The molecule has 0 nitrogen and oxygen atoms in total. The Balaban J connectivity index is 1.80. The average molecular weight is 184 g/mol. The highest BCUT2D eigenvalue weighted by molar-refractivity contribution is 7.99. The lowest BCUT2D eigenvalue weighted by atomic mass is 9.79. The van der Waals surface area contributed by atoms with Crippen LogP contribution in [0.5, 0.6) is 0 Å². The summed E-state index contributed by atoms with van der Waals surface area (Å²) in [5.74, 6) is 5.13. The molecule has 0 N–H and O–H groups in total. The monoisotopic (exact) mass is 184 g/mol. The van der Waals surface area contributed by atoms with Gasteiger partial charge in [0.05, 0.1) is 0 Å². The van der Waals surface area contributed by atoms with E-state index in [4.69, 9.17) is 0 Å². The van der Waals surface area contributed by atoms with E-state index >= 15 is 0 Å². The van der Waals surface area contributed by atoms with Crippen molar-refractivity contribution in [3.63, 3.8) is 0 Å². The molecule has 2 rings (SSSR count). The Morgan fingerprint density at radius 3 is 2.17 bits per heavy atom. The molecule has 1 heteroatoms. The van der Waals surface area contributed by atoms with E-state index in [1.54, 1.807) is 12.8 Å². The summed E-state index contributed by atoms with van der Waals surface area (Å²) in [7, 11) is 0. The second-order valence-corrected chi connectivity index (χ2v) is 5.53. The van der Waals surface area contributed by atoms with Gasteiger partial charge in [0.2, 0.25) is 0 Å². The molecule has 2 fully saturated rings.